The van der Waals surface area contributed by atoms with Crippen molar-refractivity contribution in [3.63, 3.8) is 0 Å². The van der Waals surface area contributed by atoms with E-state index < -0.39 is 0 Å². The van der Waals surface area contributed by atoms with Crippen LogP contribution in [0.4, 0.5) is 0 Å². The maximum absolute atomic E-state index is 5.42. The van der Waals surface area contributed by atoms with Gasteiger partial charge in [0.2, 0.25) is 0 Å². The molecule has 102 valence electrons. The number of quaternary nitrogens is 2. The molecule has 0 bridgehead atoms. The minimum Gasteiger partial charge on any atom is -0.370 e. The topological polar surface area (TPSA) is 9.23 Å². The molecule has 0 unspecified atom stereocenters. The highest BCUT2D eigenvalue weighted by atomic mass is 16.5. The van der Waals surface area contributed by atoms with Crippen molar-refractivity contribution in [3.05, 3.63) is 0 Å². The van der Waals surface area contributed by atoms with Gasteiger partial charge in [0.1, 0.15) is 19.6 Å². The molecule has 0 radical (unpaired) electrons. The predicted octanol–water partition coefficient (Wildman–Crippen LogP) is 0.953. The molecular formula is C15H28N2O+2. The van der Waals surface area contributed by atoms with E-state index in [0.717, 1.165) is 41.8 Å². The lowest BCUT2D eigenvalue weighted by atomic mass is 9.97. The van der Waals surface area contributed by atoms with E-state index in [4.69, 9.17) is 4.74 Å². The van der Waals surface area contributed by atoms with Crippen LogP contribution in [0.1, 0.15) is 12.8 Å². The molecule has 2 fully saturated rings. The van der Waals surface area contributed by atoms with E-state index in [-0.39, 0.29) is 0 Å². The van der Waals surface area contributed by atoms with Crippen LogP contribution in [0.3, 0.4) is 0 Å². The van der Waals surface area contributed by atoms with Gasteiger partial charge in [-0.3, -0.25) is 0 Å². The van der Waals surface area contributed by atoms with Crippen molar-refractivity contribution in [2.45, 2.75) is 12.8 Å². The van der Waals surface area contributed by atoms with Gasteiger partial charge in [0.15, 0.2) is 0 Å². The van der Waals surface area contributed by atoms with Gasteiger partial charge in [-0.25, -0.2) is 0 Å². The first-order valence-corrected chi connectivity index (χ1v) is 7.21. The molecule has 2 rings (SSSR count). The lowest BCUT2D eigenvalue weighted by Gasteiger charge is -2.37. The molecule has 1 atom stereocenters. The molecule has 2 aliphatic rings. The van der Waals surface area contributed by atoms with Crippen LogP contribution in [-0.4, -0.2) is 76.0 Å². The summed E-state index contributed by atoms with van der Waals surface area (Å²) in [4.78, 5) is 0. The van der Waals surface area contributed by atoms with Crippen molar-refractivity contribution in [1.82, 2.24) is 0 Å². The maximum Gasteiger partial charge on any atom is 0.140 e. The third-order valence-corrected chi connectivity index (χ3v) is 4.35. The van der Waals surface area contributed by atoms with Gasteiger partial charge in [-0.15, -0.1) is 0 Å². The van der Waals surface area contributed by atoms with Gasteiger partial charge < -0.3 is 13.7 Å². The Morgan fingerprint density at radius 3 is 2.50 bits per heavy atom. The first-order valence-electron chi connectivity index (χ1n) is 7.21. The van der Waals surface area contributed by atoms with Crippen LogP contribution >= 0.6 is 0 Å². The molecule has 0 aromatic carbocycles. The van der Waals surface area contributed by atoms with Gasteiger partial charge in [0.25, 0.3) is 0 Å². The molecule has 0 saturated carbocycles. The summed E-state index contributed by atoms with van der Waals surface area (Å²) >= 11 is 0. The first-order chi connectivity index (χ1) is 8.49. The Hall–Kier alpha value is -0.560. The second-order valence-electron chi connectivity index (χ2n) is 6.84. The average Bonchev–Trinajstić information content (AvgIpc) is 2.28. The Labute approximate surface area is 112 Å². The maximum atomic E-state index is 5.42. The smallest absolute Gasteiger partial charge is 0.140 e. The summed E-state index contributed by atoms with van der Waals surface area (Å²) in [5, 5.41) is 0. The molecule has 0 amide bonds. The van der Waals surface area contributed by atoms with Gasteiger partial charge in [-0.05, 0) is 18.8 Å². The van der Waals surface area contributed by atoms with Crippen LogP contribution in [0.5, 0.6) is 0 Å². The summed E-state index contributed by atoms with van der Waals surface area (Å²) in [6.07, 6.45) is 2.62. The van der Waals surface area contributed by atoms with E-state index in [2.05, 4.69) is 33.0 Å². The van der Waals surface area contributed by atoms with Crippen LogP contribution in [-0.2, 0) is 4.74 Å². The Morgan fingerprint density at radius 2 is 1.83 bits per heavy atom. The highest BCUT2D eigenvalue weighted by molar-refractivity contribution is 5.04. The Bertz CT molecular complexity index is 334. The summed E-state index contributed by atoms with van der Waals surface area (Å²) < 4.78 is 7.63. The molecule has 2 aliphatic heterocycles. The number of nitrogens with zero attached hydrogens (tertiary/aromatic N) is 2. The van der Waals surface area contributed by atoms with E-state index in [1.807, 2.05) is 0 Å². The zero-order valence-electron chi connectivity index (χ0n) is 12.2. The second kappa shape index (κ2) is 5.61. The van der Waals surface area contributed by atoms with E-state index in [9.17, 15) is 0 Å². The summed E-state index contributed by atoms with van der Waals surface area (Å²) in [5.41, 5.74) is 0. The minimum absolute atomic E-state index is 0.612. The molecule has 0 spiro atoms. The second-order valence-corrected chi connectivity index (χ2v) is 6.84. The Kier molecular flexibility index (Phi) is 4.32. The molecule has 2 saturated heterocycles. The number of likely N-dealkylation sites (N-methyl/N-ethyl adjacent to an activating group) is 1. The van der Waals surface area contributed by atoms with Gasteiger partial charge in [0, 0.05) is 0 Å². The molecule has 18 heavy (non-hydrogen) atoms. The summed E-state index contributed by atoms with van der Waals surface area (Å²) in [6, 6.07) is 0. The lowest BCUT2D eigenvalue weighted by molar-refractivity contribution is -0.910. The summed E-state index contributed by atoms with van der Waals surface area (Å²) in [7, 11) is 6.95. The number of likely N-dealkylation sites (tertiary alicyclic amines) is 1. The summed E-state index contributed by atoms with van der Waals surface area (Å²) in [5.74, 6) is 7.60. The van der Waals surface area contributed by atoms with Crippen LogP contribution in [0.25, 0.3) is 0 Å². The van der Waals surface area contributed by atoms with E-state index >= 15 is 0 Å². The van der Waals surface area contributed by atoms with Gasteiger partial charge in [0.05, 0.1) is 53.4 Å². The van der Waals surface area contributed by atoms with Crippen molar-refractivity contribution in [2.75, 3.05) is 67.1 Å². The molecule has 0 aliphatic carbocycles. The molecule has 3 nitrogen and oxygen atoms in total. The number of hydrogen-bond donors (Lipinski definition) is 0. The number of piperidine rings is 1. The number of ether oxygens (including phenoxy) is 1. The fourth-order valence-corrected chi connectivity index (χ4v) is 2.99. The van der Waals surface area contributed by atoms with Gasteiger partial charge in [-0.1, -0.05) is 5.92 Å². The van der Waals surface area contributed by atoms with E-state index in [0.29, 0.717) is 5.92 Å². The molecule has 0 aromatic rings. The normalized spacial score (nSPS) is 30.3. The van der Waals surface area contributed by atoms with Crippen molar-refractivity contribution in [3.8, 4) is 11.8 Å². The number of hydrogen-bond acceptors (Lipinski definition) is 1. The molecule has 3 heteroatoms. The van der Waals surface area contributed by atoms with Crippen molar-refractivity contribution >= 4 is 0 Å². The van der Waals surface area contributed by atoms with E-state index in [1.54, 1.807) is 0 Å². The molecule has 0 aromatic heterocycles. The van der Waals surface area contributed by atoms with Crippen LogP contribution in [0.15, 0.2) is 0 Å². The lowest BCUT2D eigenvalue weighted by Crippen LogP contribution is -2.52. The first kappa shape index (κ1) is 13.9. The van der Waals surface area contributed by atoms with E-state index in [1.165, 1.54) is 25.9 Å². The van der Waals surface area contributed by atoms with Crippen LogP contribution in [0, 0.1) is 17.8 Å². The molecular weight excluding hydrogens is 224 g/mol. The average molecular weight is 252 g/mol. The van der Waals surface area contributed by atoms with Crippen LogP contribution in [0.2, 0.25) is 0 Å². The highest BCUT2D eigenvalue weighted by Gasteiger charge is 2.27. The Balaban J connectivity index is 1.84. The largest absolute Gasteiger partial charge is 0.370 e. The standard InChI is InChI=1S/C15H28N2O/c1-16(2)8-4-6-15(14-16)7-5-9-17(3)10-12-18-13-11-17/h15H,4,6,8-14H2,1-3H3/q+2/t15-/m0/s1. The SMILES string of the molecule is C[N+]1(C)CCC[C@@H](C#CC[N+]2(C)CCOCC2)C1. The molecule has 0 N–H and O–H groups in total. The molecule has 2 heterocycles. The van der Waals surface area contributed by atoms with Crippen molar-refractivity contribution in [1.29, 1.82) is 0 Å². The van der Waals surface area contributed by atoms with Gasteiger partial charge in [-0.2, -0.15) is 0 Å². The zero-order chi connectivity index (χ0) is 13.1. The zero-order valence-corrected chi connectivity index (χ0v) is 12.2. The van der Waals surface area contributed by atoms with Crippen molar-refractivity contribution < 1.29 is 13.7 Å². The Morgan fingerprint density at radius 1 is 1.11 bits per heavy atom. The highest BCUT2D eigenvalue weighted by Crippen LogP contribution is 2.19. The van der Waals surface area contributed by atoms with Crippen molar-refractivity contribution in [2.24, 2.45) is 5.92 Å². The summed E-state index contributed by atoms with van der Waals surface area (Å²) in [6.45, 7) is 7.54. The fourth-order valence-electron chi connectivity index (χ4n) is 2.99. The quantitative estimate of drug-likeness (QED) is 0.499. The van der Waals surface area contributed by atoms with Gasteiger partial charge >= 0.3 is 0 Å². The monoisotopic (exact) mass is 252 g/mol. The minimum atomic E-state index is 0.612. The third kappa shape index (κ3) is 3.98. The predicted molar refractivity (Wildman–Crippen MR) is 73.9 cm³/mol. The number of rotatable bonds is 1. The number of morpholine rings is 1. The third-order valence-electron chi connectivity index (χ3n) is 4.35. The fraction of sp³-hybridized carbons (Fsp3) is 0.867. The van der Waals surface area contributed by atoms with Crippen LogP contribution < -0.4 is 0 Å².